The van der Waals surface area contributed by atoms with Crippen molar-refractivity contribution in [1.29, 1.82) is 0 Å². The maximum absolute atomic E-state index is 14.7. The van der Waals surface area contributed by atoms with Gasteiger partial charge in [-0.15, -0.1) is 0 Å². The van der Waals surface area contributed by atoms with Gasteiger partial charge in [0.25, 0.3) is 5.91 Å². The van der Waals surface area contributed by atoms with Crippen molar-refractivity contribution >= 4 is 5.91 Å². The van der Waals surface area contributed by atoms with Crippen LogP contribution in [0.2, 0.25) is 0 Å². The van der Waals surface area contributed by atoms with E-state index in [1.807, 2.05) is 26.0 Å². The third-order valence-corrected chi connectivity index (χ3v) is 6.54. The Bertz CT molecular complexity index is 974. The molecular formula is C25H33F2N3O2. The molecule has 1 fully saturated rings. The van der Waals surface area contributed by atoms with Crippen LogP contribution in [0.4, 0.5) is 8.78 Å². The van der Waals surface area contributed by atoms with E-state index >= 15 is 0 Å². The topological polar surface area (TPSA) is 46.5 Å². The Hall–Kier alpha value is -2.41. The van der Waals surface area contributed by atoms with Crippen LogP contribution in [-0.2, 0) is 12.1 Å². The summed E-state index contributed by atoms with van der Waals surface area (Å²) in [7, 11) is 0. The largest absolute Gasteiger partial charge is 0.494 e. The van der Waals surface area contributed by atoms with Crippen LogP contribution in [0.25, 0.3) is 0 Å². The number of hydrogen-bond donors (Lipinski definition) is 1. The lowest BCUT2D eigenvalue weighted by atomic mass is 9.79. The molecule has 0 bridgehead atoms. The average Bonchev–Trinajstić information content (AvgIpc) is 3.01. The Labute approximate surface area is 188 Å². The minimum atomic E-state index is -0.812. The molecule has 0 atom stereocenters. The smallest absolute Gasteiger partial charge is 0.253 e. The van der Waals surface area contributed by atoms with Gasteiger partial charge in [0, 0.05) is 36.9 Å². The highest BCUT2D eigenvalue weighted by Crippen LogP contribution is 2.41. The average molecular weight is 446 g/mol. The number of halogens is 2. The van der Waals surface area contributed by atoms with Gasteiger partial charge in [-0.25, -0.2) is 8.78 Å². The van der Waals surface area contributed by atoms with Crippen molar-refractivity contribution in [3.63, 3.8) is 0 Å². The number of fused-ring (bicyclic) bond motifs is 2. The SMILES string of the molecule is CC(C)CCOc1ccc(C(=O)N2CCC3(CC2)NC(C)(C)Cn2cc(F)c(F)c23)cc1. The summed E-state index contributed by atoms with van der Waals surface area (Å²) in [5, 5.41) is 3.57. The Morgan fingerprint density at radius 3 is 2.44 bits per heavy atom. The monoisotopic (exact) mass is 445 g/mol. The molecular weight excluding hydrogens is 412 g/mol. The van der Waals surface area contributed by atoms with Crippen LogP contribution in [0.5, 0.6) is 5.75 Å². The van der Waals surface area contributed by atoms with Crippen LogP contribution in [0.3, 0.4) is 0 Å². The van der Waals surface area contributed by atoms with E-state index in [0.717, 1.165) is 12.2 Å². The van der Waals surface area contributed by atoms with Gasteiger partial charge in [-0.1, -0.05) is 13.8 Å². The van der Waals surface area contributed by atoms with Crippen molar-refractivity contribution in [2.45, 2.75) is 64.6 Å². The zero-order valence-electron chi connectivity index (χ0n) is 19.4. The third-order valence-electron chi connectivity index (χ3n) is 6.54. The van der Waals surface area contributed by atoms with Gasteiger partial charge in [0.2, 0.25) is 0 Å². The molecule has 1 aromatic carbocycles. The van der Waals surface area contributed by atoms with Gasteiger partial charge in [-0.3, -0.25) is 10.1 Å². The number of amides is 1. The van der Waals surface area contributed by atoms with Crippen LogP contribution in [0.1, 0.15) is 63.0 Å². The van der Waals surface area contributed by atoms with E-state index in [1.54, 1.807) is 21.6 Å². The molecule has 4 rings (SSSR count). The first-order chi connectivity index (χ1) is 15.1. The van der Waals surface area contributed by atoms with E-state index in [2.05, 4.69) is 19.2 Å². The molecule has 0 radical (unpaired) electrons. The van der Waals surface area contributed by atoms with Crippen LogP contribution in [-0.4, -0.2) is 40.6 Å². The summed E-state index contributed by atoms with van der Waals surface area (Å²) < 4.78 is 36.2. The number of carbonyl (C=O) groups excluding carboxylic acids is 1. The number of hydrogen-bond acceptors (Lipinski definition) is 3. The van der Waals surface area contributed by atoms with Gasteiger partial charge in [-0.2, -0.15) is 0 Å². The molecule has 0 unspecified atom stereocenters. The Kier molecular flexibility index (Phi) is 6.05. The molecule has 174 valence electrons. The van der Waals surface area contributed by atoms with Gasteiger partial charge in [0.15, 0.2) is 11.6 Å². The van der Waals surface area contributed by atoms with Crippen molar-refractivity contribution in [3.8, 4) is 5.75 Å². The quantitative estimate of drug-likeness (QED) is 0.725. The van der Waals surface area contributed by atoms with E-state index in [4.69, 9.17) is 4.74 Å². The van der Waals surface area contributed by atoms with Crippen LogP contribution >= 0.6 is 0 Å². The lowest BCUT2D eigenvalue weighted by Crippen LogP contribution is -2.63. The first kappa shape index (κ1) is 22.8. The zero-order chi connectivity index (χ0) is 23.1. The predicted molar refractivity (Wildman–Crippen MR) is 120 cm³/mol. The number of nitrogens with zero attached hydrogens (tertiary/aromatic N) is 2. The lowest BCUT2D eigenvalue weighted by molar-refractivity contribution is 0.0509. The molecule has 2 aliphatic heterocycles. The summed E-state index contributed by atoms with van der Waals surface area (Å²) in [6, 6.07) is 7.24. The molecule has 1 spiro atoms. The Morgan fingerprint density at radius 2 is 1.81 bits per heavy atom. The summed E-state index contributed by atoms with van der Waals surface area (Å²) in [5.74, 6) is -0.304. The highest BCUT2D eigenvalue weighted by molar-refractivity contribution is 5.94. The maximum Gasteiger partial charge on any atom is 0.253 e. The molecule has 1 saturated heterocycles. The highest BCUT2D eigenvalue weighted by Gasteiger charge is 2.48. The minimum absolute atomic E-state index is 0.0503. The number of benzene rings is 1. The molecule has 1 amide bonds. The molecule has 0 saturated carbocycles. The van der Waals surface area contributed by atoms with Crippen molar-refractivity contribution in [3.05, 3.63) is 53.4 Å². The van der Waals surface area contributed by atoms with E-state index in [0.29, 0.717) is 56.3 Å². The normalized spacial score (nSPS) is 19.3. The Morgan fingerprint density at radius 1 is 1.16 bits per heavy atom. The number of likely N-dealkylation sites (tertiary alicyclic amines) is 1. The second-order valence-electron chi connectivity index (χ2n) is 10.2. The van der Waals surface area contributed by atoms with Crippen LogP contribution in [0, 0.1) is 17.6 Å². The number of piperidine rings is 1. The predicted octanol–water partition coefficient (Wildman–Crippen LogP) is 4.70. The second kappa shape index (κ2) is 8.50. The summed E-state index contributed by atoms with van der Waals surface area (Å²) in [6.45, 7) is 10.5. The Balaban J connectivity index is 1.44. The third kappa shape index (κ3) is 4.40. The van der Waals surface area contributed by atoms with Crippen molar-refractivity contribution in [1.82, 2.24) is 14.8 Å². The fourth-order valence-corrected chi connectivity index (χ4v) is 5.02. The van der Waals surface area contributed by atoms with Gasteiger partial charge in [-0.05, 0) is 63.3 Å². The molecule has 0 aliphatic carbocycles. The fourth-order valence-electron chi connectivity index (χ4n) is 5.02. The summed E-state index contributed by atoms with van der Waals surface area (Å²) in [4.78, 5) is 14.9. The van der Waals surface area contributed by atoms with Gasteiger partial charge in [0.1, 0.15) is 5.75 Å². The summed E-state index contributed by atoms with van der Waals surface area (Å²) in [5.41, 5.74) is 0.00261. The molecule has 3 heterocycles. The summed E-state index contributed by atoms with van der Waals surface area (Å²) >= 11 is 0. The fraction of sp³-hybridized carbons (Fsp3) is 0.560. The molecule has 32 heavy (non-hydrogen) atoms. The molecule has 1 N–H and O–H groups in total. The number of ether oxygens (including phenoxy) is 1. The molecule has 5 nitrogen and oxygen atoms in total. The summed E-state index contributed by atoms with van der Waals surface area (Å²) in [6.07, 6.45) is 3.30. The van der Waals surface area contributed by atoms with Gasteiger partial charge < -0.3 is 14.2 Å². The van der Waals surface area contributed by atoms with Gasteiger partial charge >= 0.3 is 0 Å². The van der Waals surface area contributed by atoms with Crippen molar-refractivity contribution in [2.75, 3.05) is 19.7 Å². The zero-order valence-corrected chi connectivity index (χ0v) is 19.4. The lowest BCUT2D eigenvalue weighted by Gasteiger charge is -2.50. The molecule has 2 aliphatic rings. The van der Waals surface area contributed by atoms with E-state index < -0.39 is 17.2 Å². The number of nitrogens with one attached hydrogen (secondary N) is 1. The van der Waals surface area contributed by atoms with Gasteiger partial charge in [0.05, 0.1) is 17.8 Å². The second-order valence-corrected chi connectivity index (χ2v) is 10.2. The maximum atomic E-state index is 14.7. The highest BCUT2D eigenvalue weighted by atomic mass is 19.2. The van der Waals surface area contributed by atoms with E-state index in [-0.39, 0.29) is 11.4 Å². The van der Waals surface area contributed by atoms with Crippen molar-refractivity contribution < 1.29 is 18.3 Å². The van der Waals surface area contributed by atoms with E-state index in [1.165, 1.54) is 6.20 Å². The first-order valence-corrected chi connectivity index (χ1v) is 11.5. The van der Waals surface area contributed by atoms with Crippen LogP contribution in [0.15, 0.2) is 30.5 Å². The first-order valence-electron chi connectivity index (χ1n) is 11.5. The van der Waals surface area contributed by atoms with Crippen molar-refractivity contribution in [2.24, 2.45) is 5.92 Å². The molecule has 1 aromatic heterocycles. The number of carbonyl (C=O) groups is 1. The number of rotatable bonds is 5. The van der Waals surface area contributed by atoms with E-state index in [9.17, 15) is 13.6 Å². The standard InChI is InChI=1S/C25H33F2N3O2/c1-17(2)9-14-32-19-7-5-18(6-8-19)23(31)29-12-10-25(11-13-29)22-21(27)20(26)15-30(22)16-24(3,4)28-25/h5-8,15,17,28H,9-14,16H2,1-4H3. The molecule has 2 aromatic rings. The number of aromatic nitrogens is 1. The van der Waals surface area contributed by atoms with Crippen LogP contribution < -0.4 is 10.1 Å². The molecule has 7 heteroatoms. The minimum Gasteiger partial charge on any atom is -0.494 e.